The Kier molecular flexibility index (Phi) is 10.1. The van der Waals surface area contributed by atoms with E-state index in [1.807, 2.05) is 24.3 Å². The first-order chi connectivity index (χ1) is 17.7. The van der Waals surface area contributed by atoms with Crippen molar-refractivity contribution in [3.8, 4) is 5.75 Å². The van der Waals surface area contributed by atoms with Crippen LogP contribution in [-0.2, 0) is 26.0 Å². The first-order valence-corrected chi connectivity index (χ1v) is 14.6. The molecule has 0 bridgehead atoms. The quantitative estimate of drug-likeness (QED) is 0.377. The smallest absolute Gasteiger partial charge is 0.210 e. The minimum Gasteiger partial charge on any atom is -0.497 e. The highest BCUT2D eigenvalue weighted by Crippen LogP contribution is 2.35. The topological polar surface area (TPSA) is 96.0 Å². The van der Waals surface area contributed by atoms with Crippen molar-refractivity contribution >= 4 is 22.7 Å². The summed E-state index contributed by atoms with van der Waals surface area (Å²) in [5.74, 6) is 0.777. The van der Waals surface area contributed by atoms with E-state index in [9.17, 15) is 18.0 Å². The molecule has 9 heteroatoms. The highest BCUT2D eigenvalue weighted by atomic mass is 32.2. The van der Waals surface area contributed by atoms with Gasteiger partial charge in [-0.05, 0) is 79.6 Å². The van der Waals surface area contributed by atoms with E-state index in [4.69, 9.17) is 4.74 Å². The van der Waals surface area contributed by atoms with E-state index in [0.29, 0.717) is 13.1 Å². The van der Waals surface area contributed by atoms with Crippen LogP contribution >= 0.6 is 0 Å². The van der Waals surface area contributed by atoms with Gasteiger partial charge in [-0.3, -0.25) is 9.59 Å². The van der Waals surface area contributed by atoms with Crippen LogP contribution in [-0.4, -0.2) is 70.6 Å². The Balaban J connectivity index is 1.47. The minimum atomic E-state index is -3.23. The van der Waals surface area contributed by atoms with E-state index in [-0.39, 0.29) is 16.4 Å². The number of ether oxygens (including phenoxy) is 1. The van der Waals surface area contributed by atoms with Crippen molar-refractivity contribution in [2.75, 3.05) is 39.5 Å². The Morgan fingerprint density at radius 3 is 2.43 bits per heavy atom. The van der Waals surface area contributed by atoms with Crippen LogP contribution in [0, 0.1) is 5.41 Å². The summed E-state index contributed by atoms with van der Waals surface area (Å²) in [6.07, 6.45) is 6.66. The lowest BCUT2D eigenvalue weighted by atomic mass is 9.77. The summed E-state index contributed by atoms with van der Waals surface area (Å²) in [6.45, 7) is 6.27. The number of carbonyl (C=O) groups is 2. The molecule has 2 aromatic carbocycles. The van der Waals surface area contributed by atoms with Crippen LogP contribution in [0.25, 0.3) is 0 Å². The van der Waals surface area contributed by atoms with Gasteiger partial charge < -0.3 is 19.9 Å². The molecule has 8 nitrogen and oxygen atoms in total. The fraction of sp³-hybridized carbons (Fsp3) is 0.500. The number of nitrogens with one attached hydrogen (secondary N) is 1. The second-order valence-corrected chi connectivity index (χ2v) is 12.3. The zero-order valence-corrected chi connectivity index (χ0v) is 22.9. The number of nitrogens with zero attached hydrogens (tertiary/aromatic N) is 2. The average Bonchev–Trinajstić information content (AvgIpc) is 2.89. The summed E-state index contributed by atoms with van der Waals surface area (Å²) < 4.78 is 28.6. The zero-order valence-electron chi connectivity index (χ0n) is 22.1. The maximum atomic E-state index is 11.7. The molecule has 1 N–H and O–H groups in total. The summed E-state index contributed by atoms with van der Waals surface area (Å²) in [6, 6.07) is 14.5. The van der Waals surface area contributed by atoms with Crippen LogP contribution in [0.3, 0.4) is 0 Å². The molecule has 1 aliphatic rings. The van der Waals surface area contributed by atoms with Gasteiger partial charge in [0.15, 0.2) is 9.84 Å². The van der Waals surface area contributed by atoms with Gasteiger partial charge in [0.2, 0.25) is 12.8 Å². The van der Waals surface area contributed by atoms with Crippen molar-refractivity contribution in [3.05, 3.63) is 59.7 Å². The number of carbonyl (C=O) groups excluding carboxylic acids is 2. The van der Waals surface area contributed by atoms with Crippen molar-refractivity contribution in [2.24, 2.45) is 5.41 Å². The van der Waals surface area contributed by atoms with Gasteiger partial charge in [0, 0.05) is 25.9 Å². The summed E-state index contributed by atoms with van der Waals surface area (Å²) in [5, 5.41) is 2.94. The summed E-state index contributed by atoms with van der Waals surface area (Å²) >= 11 is 0. The van der Waals surface area contributed by atoms with Crippen LogP contribution in [0.1, 0.15) is 49.8 Å². The van der Waals surface area contributed by atoms with Crippen LogP contribution in [0.15, 0.2) is 53.4 Å². The van der Waals surface area contributed by atoms with Crippen molar-refractivity contribution < 1.29 is 22.7 Å². The molecule has 0 spiro atoms. The molecule has 1 heterocycles. The van der Waals surface area contributed by atoms with Gasteiger partial charge >= 0.3 is 0 Å². The van der Waals surface area contributed by atoms with E-state index >= 15 is 0 Å². The number of likely N-dealkylation sites (tertiary alicyclic amines) is 1. The summed E-state index contributed by atoms with van der Waals surface area (Å²) in [4.78, 5) is 27.4. The first kappa shape index (κ1) is 28.7. The SMILES string of the molecule is COc1cccc(C(CCN2CCC(C)(CCN(C=O)Cc3ccc(S(C)(=O)=O)cc3)CC2)NC=O)c1. The van der Waals surface area contributed by atoms with Crippen LogP contribution in [0.5, 0.6) is 5.75 Å². The molecule has 2 amide bonds. The molecule has 1 atom stereocenters. The molecule has 1 unspecified atom stereocenters. The van der Waals surface area contributed by atoms with E-state index in [1.165, 1.54) is 6.26 Å². The maximum Gasteiger partial charge on any atom is 0.210 e. The predicted octanol–water partition coefficient (Wildman–Crippen LogP) is 3.43. The molecule has 1 fully saturated rings. The van der Waals surface area contributed by atoms with E-state index in [0.717, 1.165) is 75.0 Å². The van der Waals surface area contributed by atoms with Crippen molar-refractivity contribution in [2.45, 2.75) is 50.1 Å². The van der Waals surface area contributed by atoms with Gasteiger partial charge in [0.25, 0.3) is 0 Å². The number of amides is 2. The molecule has 0 aliphatic carbocycles. The molecule has 1 saturated heterocycles. The molecule has 2 aromatic rings. The second-order valence-electron chi connectivity index (χ2n) is 10.3. The lowest BCUT2D eigenvalue weighted by Gasteiger charge is -2.40. The summed E-state index contributed by atoms with van der Waals surface area (Å²) in [7, 11) is -1.59. The Morgan fingerprint density at radius 2 is 1.84 bits per heavy atom. The van der Waals surface area contributed by atoms with E-state index < -0.39 is 9.84 Å². The standard InChI is InChI=1S/C28H39N3O5S/c1-28(14-18-31(22-33)20-23-7-9-26(10-8-23)37(3,34)35)12-16-30(17-13-28)15-11-27(29-21-32)24-5-4-6-25(19-24)36-2/h4-10,19,21-22,27H,11-18,20H2,1-3H3,(H,29,32). The molecular formula is C28H39N3O5S. The highest BCUT2D eigenvalue weighted by Gasteiger charge is 2.30. The fourth-order valence-electron chi connectivity index (χ4n) is 4.82. The Labute approximate surface area is 220 Å². The molecule has 202 valence electrons. The largest absolute Gasteiger partial charge is 0.497 e. The Morgan fingerprint density at radius 1 is 1.14 bits per heavy atom. The van der Waals surface area contributed by atoms with Crippen LogP contribution in [0.2, 0.25) is 0 Å². The number of sulfone groups is 1. The van der Waals surface area contributed by atoms with Crippen LogP contribution < -0.4 is 10.1 Å². The molecule has 0 aromatic heterocycles. The normalized spacial score (nSPS) is 16.5. The van der Waals surface area contributed by atoms with Gasteiger partial charge in [-0.2, -0.15) is 0 Å². The number of hydrogen-bond acceptors (Lipinski definition) is 6. The Bertz CT molecular complexity index is 1130. The molecule has 0 radical (unpaired) electrons. The third kappa shape index (κ3) is 8.57. The molecule has 3 rings (SSSR count). The van der Waals surface area contributed by atoms with E-state index in [2.05, 4.69) is 17.1 Å². The second kappa shape index (κ2) is 13.1. The molecular weight excluding hydrogens is 490 g/mol. The van der Waals surface area contributed by atoms with Crippen molar-refractivity contribution in [1.82, 2.24) is 15.1 Å². The fourth-order valence-corrected chi connectivity index (χ4v) is 5.45. The van der Waals surface area contributed by atoms with Crippen LogP contribution in [0.4, 0.5) is 0 Å². The average molecular weight is 530 g/mol. The Hall–Kier alpha value is -2.91. The number of methoxy groups -OCH3 is 1. The van der Waals surface area contributed by atoms with E-state index in [1.54, 1.807) is 36.3 Å². The van der Waals surface area contributed by atoms with Crippen molar-refractivity contribution in [1.29, 1.82) is 0 Å². The zero-order chi connectivity index (χ0) is 26.9. The molecule has 1 aliphatic heterocycles. The van der Waals surface area contributed by atoms with Gasteiger partial charge in [0.1, 0.15) is 5.75 Å². The number of piperidine rings is 1. The summed E-state index contributed by atoms with van der Waals surface area (Å²) in [5.41, 5.74) is 2.10. The maximum absolute atomic E-state index is 11.7. The van der Waals surface area contributed by atoms with Crippen molar-refractivity contribution in [3.63, 3.8) is 0 Å². The monoisotopic (exact) mass is 529 g/mol. The van der Waals surface area contributed by atoms with Gasteiger partial charge in [-0.1, -0.05) is 31.2 Å². The number of rotatable bonds is 14. The highest BCUT2D eigenvalue weighted by molar-refractivity contribution is 7.90. The third-order valence-corrected chi connectivity index (χ3v) is 8.58. The number of benzene rings is 2. The minimum absolute atomic E-state index is 0.0615. The van der Waals surface area contributed by atoms with Gasteiger partial charge in [-0.25, -0.2) is 8.42 Å². The first-order valence-electron chi connectivity index (χ1n) is 12.7. The lowest BCUT2D eigenvalue weighted by molar-refractivity contribution is -0.119. The molecule has 37 heavy (non-hydrogen) atoms. The number of hydrogen-bond donors (Lipinski definition) is 1. The predicted molar refractivity (Wildman–Crippen MR) is 144 cm³/mol. The third-order valence-electron chi connectivity index (χ3n) is 7.45. The molecule has 0 saturated carbocycles. The van der Waals surface area contributed by atoms with Gasteiger partial charge in [0.05, 0.1) is 18.0 Å². The lowest BCUT2D eigenvalue weighted by Crippen LogP contribution is -2.41. The van der Waals surface area contributed by atoms with Gasteiger partial charge in [-0.15, -0.1) is 0 Å².